The van der Waals surface area contributed by atoms with Gasteiger partial charge in [-0.05, 0) is 18.4 Å². The molecule has 19 heavy (non-hydrogen) atoms. The molecule has 7 heteroatoms. The quantitative estimate of drug-likeness (QED) is 0.871. The number of halogens is 2. The van der Waals surface area contributed by atoms with Crippen molar-refractivity contribution in [2.24, 2.45) is 0 Å². The van der Waals surface area contributed by atoms with Gasteiger partial charge in [0.1, 0.15) is 6.04 Å². The molecular formula is C12H12Cl2N2O2S. The van der Waals surface area contributed by atoms with E-state index < -0.39 is 12.1 Å². The van der Waals surface area contributed by atoms with Gasteiger partial charge in [0.15, 0.2) is 0 Å². The molecule has 0 spiro atoms. The molecule has 1 aliphatic heterocycles. The van der Waals surface area contributed by atoms with Crippen molar-refractivity contribution in [2.75, 3.05) is 11.2 Å². The van der Waals surface area contributed by atoms with E-state index in [1.54, 1.807) is 18.2 Å². The minimum atomic E-state index is -0.560. The van der Waals surface area contributed by atoms with Crippen LogP contribution in [0.3, 0.4) is 0 Å². The molecule has 3 amide bonds. The molecule has 2 atom stereocenters. The van der Waals surface area contributed by atoms with Crippen LogP contribution in [0.1, 0.15) is 6.92 Å². The largest absolute Gasteiger partial charge is 0.329 e. The van der Waals surface area contributed by atoms with E-state index in [4.69, 9.17) is 23.2 Å². The number of nitrogens with zero attached hydrogens (tertiary/aromatic N) is 1. The summed E-state index contributed by atoms with van der Waals surface area (Å²) in [5.41, 5.74) is 0.240. The number of anilines is 1. The fourth-order valence-electron chi connectivity index (χ4n) is 1.87. The van der Waals surface area contributed by atoms with E-state index in [-0.39, 0.29) is 26.9 Å². The smallest absolute Gasteiger partial charge is 0.324 e. The maximum Gasteiger partial charge on any atom is 0.329 e. The summed E-state index contributed by atoms with van der Waals surface area (Å²) in [7, 11) is 0. The maximum atomic E-state index is 12.3. The number of hydrogen-bond acceptors (Lipinski definition) is 3. The van der Waals surface area contributed by atoms with Crippen molar-refractivity contribution in [2.45, 2.75) is 18.2 Å². The predicted molar refractivity (Wildman–Crippen MR) is 79.2 cm³/mol. The van der Waals surface area contributed by atoms with Gasteiger partial charge in [0.05, 0.1) is 15.7 Å². The van der Waals surface area contributed by atoms with Crippen LogP contribution in [0.25, 0.3) is 0 Å². The van der Waals surface area contributed by atoms with E-state index in [1.165, 1.54) is 11.8 Å². The topological polar surface area (TPSA) is 49.4 Å². The van der Waals surface area contributed by atoms with Gasteiger partial charge in [-0.1, -0.05) is 36.2 Å². The van der Waals surface area contributed by atoms with Gasteiger partial charge in [0.2, 0.25) is 0 Å². The molecular weight excluding hydrogens is 307 g/mol. The first-order chi connectivity index (χ1) is 8.97. The summed E-state index contributed by atoms with van der Waals surface area (Å²) in [4.78, 5) is 25.3. The third kappa shape index (κ3) is 2.55. The normalized spacial score (nSPS) is 20.6. The van der Waals surface area contributed by atoms with E-state index in [0.29, 0.717) is 0 Å². The lowest BCUT2D eigenvalue weighted by atomic mass is 10.2. The summed E-state index contributed by atoms with van der Waals surface area (Å²) in [6, 6.07) is 3.79. The van der Waals surface area contributed by atoms with Crippen LogP contribution in [0.5, 0.6) is 0 Å². The van der Waals surface area contributed by atoms with Gasteiger partial charge >= 0.3 is 6.03 Å². The number of urea groups is 1. The zero-order valence-corrected chi connectivity index (χ0v) is 12.6. The number of benzene rings is 1. The minimum absolute atomic E-state index is 0.0253. The molecule has 1 aromatic rings. The first-order valence-corrected chi connectivity index (χ1v) is 7.63. The van der Waals surface area contributed by atoms with E-state index in [0.717, 1.165) is 4.90 Å². The molecule has 0 aliphatic carbocycles. The first-order valence-electron chi connectivity index (χ1n) is 5.58. The van der Waals surface area contributed by atoms with E-state index >= 15 is 0 Å². The highest BCUT2D eigenvalue weighted by Gasteiger charge is 2.43. The molecule has 0 saturated carbocycles. The third-order valence-corrected chi connectivity index (χ3v) is 4.60. The number of amides is 3. The Bertz CT molecular complexity index is 518. The molecule has 1 aliphatic rings. The highest BCUT2D eigenvalue weighted by Crippen LogP contribution is 2.36. The Morgan fingerprint density at radius 1 is 1.32 bits per heavy atom. The molecule has 0 aromatic heterocycles. The average Bonchev–Trinajstić information content (AvgIpc) is 2.65. The molecule has 4 nitrogen and oxygen atoms in total. The van der Waals surface area contributed by atoms with Crippen molar-refractivity contribution in [3.8, 4) is 0 Å². The van der Waals surface area contributed by atoms with Gasteiger partial charge < -0.3 is 5.32 Å². The van der Waals surface area contributed by atoms with E-state index in [9.17, 15) is 9.59 Å². The Morgan fingerprint density at radius 2 is 1.89 bits per heavy atom. The Labute approximate surface area is 125 Å². The van der Waals surface area contributed by atoms with Crippen LogP contribution in [0, 0.1) is 0 Å². The summed E-state index contributed by atoms with van der Waals surface area (Å²) in [5, 5.41) is 3.17. The van der Waals surface area contributed by atoms with E-state index in [2.05, 4.69) is 5.32 Å². The van der Waals surface area contributed by atoms with Gasteiger partial charge in [0, 0.05) is 5.25 Å². The molecule has 0 bridgehead atoms. The minimum Gasteiger partial charge on any atom is -0.324 e. The zero-order valence-electron chi connectivity index (χ0n) is 10.3. The summed E-state index contributed by atoms with van der Waals surface area (Å²) in [6.45, 7) is 1.88. The van der Waals surface area contributed by atoms with Gasteiger partial charge in [-0.2, -0.15) is 11.8 Å². The Hall–Kier alpha value is -0.910. The van der Waals surface area contributed by atoms with Crippen molar-refractivity contribution < 1.29 is 9.59 Å². The van der Waals surface area contributed by atoms with Crippen molar-refractivity contribution in [1.82, 2.24) is 5.32 Å². The van der Waals surface area contributed by atoms with Gasteiger partial charge in [-0.15, -0.1) is 0 Å². The van der Waals surface area contributed by atoms with Crippen LogP contribution in [-0.2, 0) is 4.79 Å². The number of carbonyl (C=O) groups excluding carboxylic acids is 2. The summed E-state index contributed by atoms with van der Waals surface area (Å²) in [5.74, 6) is -0.332. The fraction of sp³-hybridized carbons (Fsp3) is 0.333. The number of thioether (sulfide) groups is 1. The van der Waals surface area contributed by atoms with Crippen molar-refractivity contribution in [3.63, 3.8) is 0 Å². The Morgan fingerprint density at radius 3 is 2.42 bits per heavy atom. The number of para-hydroxylation sites is 1. The second-order valence-electron chi connectivity index (χ2n) is 4.11. The van der Waals surface area contributed by atoms with Crippen LogP contribution in [0.4, 0.5) is 10.5 Å². The number of carbonyl (C=O) groups is 2. The lowest BCUT2D eigenvalue weighted by molar-refractivity contribution is -0.118. The van der Waals surface area contributed by atoms with Crippen LogP contribution in [-0.4, -0.2) is 29.5 Å². The van der Waals surface area contributed by atoms with Crippen molar-refractivity contribution >= 4 is 52.6 Å². The number of imide groups is 1. The van der Waals surface area contributed by atoms with Gasteiger partial charge in [-0.25, -0.2) is 9.69 Å². The van der Waals surface area contributed by atoms with Gasteiger partial charge in [0.25, 0.3) is 5.91 Å². The summed E-state index contributed by atoms with van der Waals surface area (Å²) < 4.78 is 0. The van der Waals surface area contributed by atoms with Crippen molar-refractivity contribution in [3.05, 3.63) is 28.2 Å². The predicted octanol–water partition coefficient (Wildman–Crippen LogP) is 3.17. The zero-order chi connectivity index (χ0) is 14.2. The SMILES string of the molecule is CSC(C)C1NC(=O)N(c2c(Cl)cccc2Cl)C1=O. The molecule has 1 heterocycles. The lowest BCUT2D eigenvalue weighted by Gasteiger charge is -2.17. The first kappa shape index (κ1) is 14.5. The van der Waals surface area contributed by atoms with Crippen LogP contribution < -0.4 is 10.2 Å². The molecule has 0 radical (unpaired) electrons. The van der Waals surface area contributed by atoms with Crippen LogP contribution >= 0.6 is 35.0 Å². The summed E-state index contributed by atoms with van der Waals surface area (Å²) >= 11 is 13.6. The molecule has 2 unspecified atom stereocenters. The molecule has 2 rings (SSSR count). The third-order valence-electron chi connectivity index (χ3n) is 2.97. The monoisotopic (exact) mass is 318 g/mol. The Balaban J connectivity index is 2.41. The number of nitrogens with one attached hydrogen (secondary N) is 1. The van der Waals surface area contributed by atoms with Gasteiger partial charge in [-0.3, -0.25) is 4.79 Å². The molecule has 102 valence electrons. The fourth-order valence-corrected chi connectivity index (χ4v) is 2.89. The highest BCUT2D eigenvalue weighted by atomic mass is 35.5. The summed E-state index contributed by atoms with van der Waals surface area (Å²) in [6.07, 6.45) is 1.88. The second-order valence-corrected chi connectivity index (χ2v) is 6.14. The highest BCUT2D eigenvalue weighted by molar-refractivity contribution is 7.99. The second kappa shape index (κ2) is 5.61. The number of rotatable bonds is 3. The number of hydrogen-bond donors (Lipinski definition) is 1. The van der Waals surface area contributed by atoms with Crippen LogP contribution in [0.2, 0.25) is 10.0 Å². The standard InChI is InChI=1S/C12H12Cl2N2O2S/c1-6(19-2)9-11(17)16(12(18)15-9)10-7(13)4-3-5-8(10)14/h3-6,9H,1-2H3,(H,15,18). The van der Waals surface area contributed by atoms with Crippen molar-refractivity contribution in [1.29, 1.82) is 0 Å². The molecule has 1 saturated heterocycles. The maximum absolute atomic E-state index is 12.3. The molecule has 1 fully saturated rings. The lowest BCUT2D eigenvalue weighted by Crippen LogP contribution is -2.37. The molecule has 1 aromatic carbocycles. The average molecular weight is 319 g/mol. The van der Waals surface area contributed by atoms with E-state index in [1.807, 2.05) is 13.2 Å². The Kier molecular flexibility index (Phi) is 4.28. The molecule has 1 N–H and O–H groups in total. The van der Waals surface area contributed by atoms with Crippen LogP contribution in [0.15, 0.2) is 18.2 Å².